The fourth-order valence-electron chi connectivity index (χ4n) is 3.50. The molecule has 17 heavy (non-hydrogen) atoms. The topological polar surface area (TPSA) is 74.7 Å². The Morgan fingerprint density at radius 1 is 1.18 bits per heavy atom. The lowest BCUT2D eigenvalue weighted by Gasteiger charge is -2.50. The number of carbonyl (C=O) groups is 3. The first-order valence-electron chi connectivity index (χ1n) is 5.69. The van der Waals surface area contributed by atoms with Crippen molar-refractivity contribution in [3.05, 3.63) is 0 Å². The Morgan fingerprint density at radius 2 is 1.71 bits per heavy atom. The molecule has 1 heterocycles. The van der Waals surface area contributed by atoms with Gasteiger partial charge in [0.2, 0.25) is 11.8 Å². The number of aliphatic carboxylic acids is 1. The maximum Gasteiger partial charge on any atom is 0.319 e. The number of carboxylic acids is 1. The second-order valence-corrected chi connectivity index (χ2v) is 5.84. The minimum Gasteiger partial charge on any atom is -0.480 e. The largest absolute Gasteiger partial charge is 0.480 e. The number of hydrogen-bond acceptors (Lipinski definition) is 3. The Balaban J connectivity index is 2.73. The molecule has 0 radical (unpaired) electrons. The van der Waals surface area contributed by atoms with Crippen LogP contribution in [0.1, 0.15) is 33.6 Å². The average Bonchev–Trinajstić information content (AvgIpc) is 2.41. The molecule has 0 unspecified atom stereocenters. The first-order chi connectivity index (χ1) is 7.63. The molecule has 94 valence electrons. The zero-order valence-corrected chi connectivity index (χ0v) is 10.5. The van der Waals surface area contributed by atoms with Crippen LogP contribution in [0.15, 0.2) is 0 Å². The van der Waals surface area contributed by atoms with E-state index < -0.39 is 28.1 Å². The molecule has 1 saturated heterocycles. The molecule has 2 atom stereocenters. The molecule has 0 aromatic rings. The third-order valence-electron chi connectivity index (χ3n) is 5.26. The van der Waals surface area contributed by atoms with Crippen molar-refractivity contribution in [1.29, 1.82) is 0 Å². The molecule has 1 N–H and O–H groups in total. The van der Waals surface area contributed by atoms with E-state index in [9.17, 15) is 19.5 Å². The van der Waals surface area contributed by atoms with Crippen LogP contribution in [0.4, 0.5) is 0 Å². The summed E-state index contributed by atoms with van der Waals surface area (Å²) in [6.45, 7) is 5.21. The quantitative estimate of drug-likeness (QED) is 0.544. The lowest BCUT2D eigenvalue weighted by Crippen LogP contribution is -2.65. The van der Waals surface area contributed by atoms with Crippen LogP contribution in [0.5, 0.6) is 0 Å². The van der Waals surface area contributed by atoms with Gasteiger partial charge in [-0.2, -0.15) is 0 Å². The molecule has 0 aromatic carbocycles. The first-order valence-corrected chi connectivity index (χ1v) is 5.69. The van der Waals surface area contributed by atoms with Crippen molar-refractivity contribution < 1.29 is 19.5 Å². The van der Waals surface area contributed by atoms with Crippen molar-refractivity contribution >= 4 is 17.8 Å². The molecule has 2 amide bonds. The highest BCUT2D eigenvalue weighted by molar-refractivity contribution is 6.14. The van der Waals surface area contributed by atoms with E-state index in [1.165, 1.54) is 7.05 Å². The van der Waals surface area contributed by atoms with Gasteiger partial charge in [-0.15, -0.1) is 0 Å². The van der Waals surface area contributed by atoms with Crippen molar-refractivity contribution in [3.63, 3.8) is 0 Å². The normalized spacial score (nSPS) is 39.6. The van der Waals surface area contributed by atoms with E-state index in [1.54, 1.807) is 20.8 Å². The van der Waals surface area contributed by atoms with Gasteiger partial charge in [-0.25, -0.2) is 0 Å². The monoisotopic (exact) mass is 239 g/mol. The van der Waals surface area contributed by atoms with Gasteiger partial charge in [0.1, 0.15) is 0 Å². The Kier molecular flexibility index (Phi) is 2.05. The molecule has 2 fully saturated rings. The van der Waals surface area contributed by atoms with Crippen molar-refractivity contribution in [2.75, 3.05) is 7.05 Å². The molecule has 2 rings (SSSR count). The Bertz CT molecular complexity index is 442. The van der Waals surface area contributed by atoms with Crippen LogP contribution in [0, 0.1) is 16.2 Å². The minimum absolute atomic E-state index is 0.237. The molecular formula is C12H17NO4. The van der Waals surface area contributed by atoms with E-state index in [1.807, 2.05) is 0 Å². The molecule has 2 bridgehead atoms. The highest BCUT2D eigenvalue weighted by atomic mass is 16.4. The van der Waals surface area contributed by atoms with Crippen LogP contribution in [-0.4, -0.2) is 34.8 Å². The number of amides is 2. The van der Waals surface area contributed by atoms with Crippen LogP contribution < -0.4 is 0 Å². The van der Waals surface area contributed by atoms with Gasteiger partial charge in [-0.3, -0.25) is 19.3 Å². The molecule has 5 nitrogen and oxygen atoms in total. The van der Waals surface area contributed by atoms with Gasteiger partial charge in [0.05, 0.1) is 5.41 Å². The fraction of sp³-hybridized carbons (Fsp3) is 0.750. The van der Waals surface area contributed by atoms with Crippen LogP contribution in [0.3, 0.4) is 0 Å². The molecule has 2 aliphatic rings. The predicted molar refractivity (Wildman–Crippen MR) is 59.0 cm³/mol. The van der Waals surface area contributed by atoms with Crippen molar-refractivity contribution in [1.82, 2.24) is 4.90 Å². The summed E-state index contributed by atoms with van der Waals surface area (Å²) < 4.78 is 0. The zero-order valence-electron chi connectivity index (χ0n) is 10.5. The number of nitrogens with zero attached hydrogens (tertiary/aromatic N) is 1. The van der Waals surface area contributed by atoms with Gasteiger partial charge in [-0.05, 0) is 12.8 Å². The number of carbonyl (C=O) groups excluding carboxylic acids is 2. The van der Waals surface area contributed by atoms with Gasteiger partial charge in [0.25, 0.3) is 0 Å². The van der Waals surface area contributed by atoms with E-state index >= 15 is 0 Å². The molecule has 5 heteroatoms. The van der Waals surface area contributed by atoms with Crippen molar-refractivity contribution in [2.45, 2.75) is 33.6 Å². The standard InChI is InChI=1S/C12H17NO4/c1-10(2)11(3)5-6-12(10,9(16)17)8(15)13(4)7(11)14/h5-6H2,1-4H3,(H,16,17)/t11-,12+/m0/s1. The number of likely N-dealkylation sites (tertiary alicyclic amines) is 1. The third kappa shape index (κ3) is 0.944. The summed E-state index contributed by atoms with van der Waals surface area (Å²) in [4.78, 5) is 37.0. The number of hydrogen-bond donors (Lipinski definition) is 1. The maximum atomic E-state index is 12.2. The molecular weight excluding hydrogens is 222 g/mol. The van der Waals surface area contributed by atoms with Gasteiger partial charge in [0, 0.05) is 12.5 Å². The third-order valence-corrected chi connectivity index (χ3v) is 5.26. The van der Waals surface area contributed by atoms with Gasteiger partial charge >= 0.3 is 5.97 Å². The van der Waals surface area contributed by atoms with Gasteiger partial charge in [0.15, 0.2) is 5.41 Å². The van der Waals surface area contributed by atoms with Crippen molar-refractivity contribution in [3.8, 4) is 0 Å². The number of imide groups is 1. The van der Waals surface area contributed by atoms with E-state index in [-0.39, 0.29) is 12.3 Å². The summed E-state index contributed by atoms with van der Waals surface area (Å²) in [5.74, 6) is -1.95. The summed E-state index contributed by atoms with van der Waals surface area (Å²) in [5.41, 5.74) is -3.08. The average molecular weight is 239 g/mol. The van der Waals surface area contributed by atoms with E-state index in [0.29, 0.717) is 6.42 Å². The highest BCUT2D eigenvalue weighted by Crippen LogP contribution is 2.66. The summed E-state index contributed by atoms with van der Waals surface area (Å²) >= 11 is 0. The number of rotatable bonds is 1. The highest BCUT2D eigenvalue weighted by Gasteiger charge is 2.75. The smallest absolute Gasteiger partial charge is 0.319 e. The Labute approximate surface area is 99.8 Å². The van der Waals surface area contributed by atoms with E-state index in [0.717, 1.165) is 4.90 Å². The first kappa shape index (κ1) is 12.1. The second kappa shape index (κ2) is 2.89. The lowest BCUT2D eigenvalue weighted by atomic mass is 9.55. The van der Waals surface area contributed by atoms with Crippen molar-refractivity contribution in [2.24, 2.45) is 16.2 Å². The molecule has 0 aromatic heterocycles. The van der Waals surface area contributed by atoms with Crippen LogP contribution in [0.25, 0.3) is 0 Å². The van der Waals surface area contributed by atoms with E-state index in [2.05, 4.69) is 0 Å². The maximum absolute atomic E-state index is 12.2. The summed E-state index contributed by atoms with van der Waals surface area (Å²) in [5, 5.41) is 9.48. The SMILES string of the molecule is CN1C(=O)[C@@]2(C(=O)O)CC[C@@](C)(C1=O)C2(C)C. The predicted octanol–water partition coefficient (Wildman–Crippen LogP) is 0.882. The summed E-state index contributed by atoms with van der Waals surface area (Å²) in [7, 11) is 1.38. The summed E-state index contributed by atoms with van der Waals surface area (Å²) in [6.07, 6.45) is 0.683. The Hall–Kier alpha value is -1.39. The minimum atomic E-state index is -1.45. The molecule has 1 saturated carbocycles. The molecule has 1 aliphatic carbocycles. The molecule has 1 aliphatic heterocycles. The van der Waals surface area contributed by atoms with Gasteiger partial charge in [-0.1, -0.05) is 20.8 Å². The summed E-state index contributed by atoms with van der Waals surface area (Å²) in [6, 6.07) is 0. The Morgan fingerprint density at radius 3 is 2.18 bits per heavy atom. The molecule has 0 spiro atoms. The zero-order chi connectivity index (χ0) is 13.2. The second-order valence-electron chi connectivity index (χ2n) is 5.84. The van der Waals surface area contributed by atoms with Crippen LogP contribution in [0.2, 0.25) is 0 Å². The number of carboxylic acid groups (broad SMARTS) is 1. The van der Waals surface area contributed by atoms with Crippen LogP contribution in [-0.2, 0) is 14.4 Å². The lowest BCUT2D eigenvalue weighted by molar-refractivity contribution is -0.185. The number of piperidine rings is 1. The number of fused-ring (bicyclic) bond motifs is 2. The van der Waals surface area contributed by atoms with Crippen LogP contribution >= 0.6 is 0 Å². The fourth-order valence-corrected chi connectivity index (χ4v) is 3.50. The van der Waals surface area contributed by atoms with E-state index in [4.69, 9.17) is 0 Å². The van der Waals surface area contributed by atoms with Gasteiger partial charge < -0.3 is 5.11 Å².